The highest BCUT2D eigenvalue weighted by Crippen LogP contribution is 2.27. The third kappa shape index (κ3) is 6.13. The topological polar surface area (TPSA) is 15.3 Å². The molecule has 2 unspecified atom stereocenters. The molecule has 0 bridgehead atoms. The lowest BCUT2D eigenvalue weighted by Gasteiger charge is -2.38. The van der Waals surface area contributed by atoms with E-state index in [0.717, 1.165) is 24.4 Å². The Hall–Kier alpha value is -0.0800. The lowest BCUT2D eigenvalue weighted by Crippen LogP contribution is -2.46. The van der Waals surface area contributed by atoms with Crippen LogP contribution >= 0.6 is 0 Å². The molecule has 2 nitrogen and oxygen atoms in total. The number of hydrogen-bond donors (Lipinski definition) is 1. The van der Waals surface area contributed by atoms with Crippen molar-refractivity contribution in [3.8, 4) is 0 Å². The molecule has 0 aromatic carbocycles. The van der Waals surface area contributed by atoms with Gasteiger partial charge in [-0.05, 0) is 64.1 Å². The van der Waals surface area contributed by atoms with Crippen molar-refractivity contribution < 1.29 is 0 Å². The molecule has 0 saturated heterocycles. The molecule has 1 N–H and O–H groups in total. The molecule has 1 rings (SSSR count). The Morgan fingerprint density at radius 1 is 1.10 bits per heavy atom. The highest BCUT2D eigenvalue weighted by molar-refractivity contribution is 4.84. The van der Waals surface area contributed by atoms with E-state index >= 15 is 0 Å². The normalized spacial score (nSPS) is 19.9. The lowest BCUT2D eigenvalue weighted by molar-refractivity contribution is 0.102. The number of hydrogen-bond acceptors (Lipinski definition) is 2. The SMILES string of the molecule is CCCNCC(C)C(C)N(CCC(C)C)C1CCCC1. The van der Waals surface area contributed by atoms with Crippen molar-refractivity contribution in [2.24, 2.45) is 11.8 Å². The van der Waals surface area contributed by atoms with Crippen LogP contribution in [0.4, 0.5) is 0 Å². The first kappa shape index (κ1) is 18.0. The molecular formula is C18H38N2. The van der Waals surface area contributed by atoms with Gasteiger partial charge in [-0.2, -0.15) is 0 Å². The van der Waals surface area contributed by atoms with E-state index in [1.54, 1.807) is 0 Å². The van der Waals surface area contributed by atoms with Crippen LogP contribution in [0.5, 0.6) is 0 Å². The summed E-state index contributed by atoms with van der Waals surface area (Å²) >= 11 is 0. The largest absolute Gasteiger partial charge is 0.316 e. The van der Waals surface area contributed by atoms with Gasteiger partial charge in [-0.15, -0.1) is 0 Å². The van der Waals surface area contributed by atoms with E-state index in [-0.39, 0.29) is 0 Å². The van der Waals surface area contributed by atoms with Crippen LogP contribution in [0.25, 0.3) is 0 Å². The van der Waals surface area contributed by atoms with Crippen LogP contribution in [0.15, 0.2) is 0 Å². The molecule has 20 heavy (non-hydrogen) atoms. The van der Waals surface area contributed by atoms with Gasteiger partial charge in [0.05, 0.1) is 0 Å². The summed E-state index contributed by atoms with van der Waals surface area (Å²) in [5.41, 5.74) is 0. The Balaban J connectivity index is 2.50. The minimum atomic E-state index is 0.709. The average Bonchev–Trinajstić information content (AvgIpc) is 2.92. The summed E-state index contributed by atoms with van der Waals surface area (Å²) in [5.74, 6) is 1.56. The lowest BCUT2D eigenvalue weighted by atomic mass is 9.98. The van der Waals surface area contributed by atoms with Crippen LogP contribution in [0.2, 0.25) is 0 Å². The van der Waals surface area contributed by atoms with E-state index in [9.17, 15) is 0 Å². The summed E-state index contributed by atoms with van der Waals surface area (Å²) in [6.45, 7) is 15.4. The second kappa shape index (κ2) is 9.78. The van der Waals surface area contributed by atoms with Crippen LogP contribution < -0.4 is 5.32 Å². The molecule has 1 aliphatic rings. The van der Waals surface area contributed by atoms with E-state index in [1.165, 1.54) is 51.6 Å². The number of nitrogens with zero attached hydrogens (tertiary/aromatic N) is 1. The monoisotopic (exact) mass is 282 g/mol. The van der Waals surface area contributed by atoms with E-state index in [4.69, 9.17) is 0 Å². The molecule has 1 fully saturated rings. The number of rotatable bonds is 10. The van der Waals surface area contributed by atoms with Crippen LogP contribution in [0.3, 0.4) is 0 Å². The predicted molar refractivity (Wildman–Crippen MR) is 90.2 cm³/mol. The van der Waals surface area contributed by atoms with E-state index in [0.29, 0.717) is 6.04 Å². The van der Waals surface area contributed by atoms with Gasteiger partial charge in [-0.3, -0.25) is 4.90 Å². The van der Waals surface area contributed by atoms with Crippen LogP contribution in [0, 0.1) is 11.8 Å². The van der Waals surface area contributed by atoms with Gasteiger partial charge >= 0.3 is 0 Å². The van der Waals surface area contributed by atoms with Gasteiger partial charge in [0.1, 0.15) is 0 Å². The summed E-state index contributed by atoms with van der Waals surface area (Å²) in [7, 11) is 0. The van der Waals surface area contributed by atoms with Crippen molar-refractivity contribution in [2.45, 2.75) is 85.2 Å². The fourth-order valence-corrected chi connectivity index (χ4v) is 3.37. The fourth-order valence-electron chi connectivity index (χ4n) is 3.37. The second-order valence-electron chi connectivity index (χ2n) is 7.28. The summed E-state index contributed by atoms with van der Waals surface area (Å²) < 4.78 is 0. The standard InChI is InChI=1S/C18H38N2/c1-6-12-19-14-16(4)17(5)20(13-11-15(2)3)18-9-7-8-10-18/h15-19H,6-14H2,1-5H3. The van der Waals surface area contributed by atoms with E-state index in [2.05, 4.69) is 44.8 Å². The van der Waals surface area contributed by atoms with Crippen molar-refractivity contribution in [1.29, 1.82) is 0 Å². The smallest absolute Gasteiger partial charge is 0.0108 e. The molecule has 2 heteroatoms. The zero-order valence-electron chi connectivity index (χ0n) is 14.6. The molecule has 0 aromatic heterocycles. The minimum Gasteiger partial charge on any atom is -0.316 e. The average molecular weight is 283 g/mol. The molecule has 0 radical (unpaired) electrons. The molecular weight excluding hydrogens is 244 g/mol. The zero-order chi connectivity index (χ0) is 15.0. The molecule has 0 aromatic rings. The summed E-state index contributed by atoms with van der Waals surface area (Å²) in [6.07, 6.45) is 8.32. The highest BCUT2D eigenvalue weighted by Gasteiger charge is 2.28. The Kier molecular flexibility index (Phi) is 8.79. The first-order valence-corrected chi connectivity index (χ1v) is 9.02. The molecule has 120 valence electrons. The van der Waals surface area contributed by atoms with Gasteiger partial charge in [0.25, 0.3) is 0 Å². The van der Waals surface area contributed by atoms with Crippen molar-refractivity contribution in [3.63, 3.8) is 0 Å². The van der Waals surface area contributed by atoms with Gasteiger partial charge < -0.3 is 5.32 Å². The summed E-state index contributed by atoms with van der Waals surface area (Å²) in [6, 6.07) is 1.57. The maximum Gasteiger partial charge on any atom is 0.0108 e. The minimum absolute atomic E-state index is 0.709. The third-order valence-corrected chi connectivity index (χ3v) is 5.00. The number of nitrogens with one attached hydrogen (secondary N) is 1. The molecule has 0 amide bonds. The van der Waals surface area contributed by atoms with Crippen LogP contribution in [-0.4, -0.2) is 36.6 Å². The summed E-state index contributed by atoms with van der Waals surface area (Å²) in [4.78, 5) is 2.84. The van der Waals surface area contributed by atoms with Crippen molar-refractivity contribution in [1.82, 2.24) is 10.2 Å². The van der Waals surface area contributed by atoms with Gasteiger partial charge in [0, 0.05) is 12.1 Å². The molecule has 1 saturated carbocycles. The van der Waals surface area contributed by atoms with Crippen LogP contribution in [0.1, 0.15) is 73.1 Å². The third-order valence-electron chi connectivity index (χ3n) is 5.00. The van der Waals surface area contributed by atoms with E-state index in [1.807, 2.05) is 0 Å². The molecule has 0 aliphatic heterocycles. The molecule has 1 aliphatic carbocycles. The van der Waals surface area contributed by atoms with Crippen molar-refractivity contribution in [2.75, 3.05) is 19.6 Å². The molecule has 0 spiro atoms. The first-order chi connectivity index (χ1) is 9.56. The van der Waals surface area contributed by atoms with Gasteiger partial charge in [0.2, 0.25) is 0 Å². The van der Waals surface area contributed by atoms with Crippen LogP contribution in [-0.2, 0) is 0 Å². The Bertz CT molecular complexity index is 234. The molecule has 0 heterocycles. The Morgan fingerprint density at radius 3 is 2.30 bits per heavy atom. The quantitative estimate of drug-likeness (QED) is 0.601. The zero-order valence-corrected chi connectivity index (χ0v) is 14.6. The second-order valence-corrected chi connectivity index (χ2v) is 7.28. The van der Waals surface area contributed by atoms with Crippen molar-refractivity contribution >= 4 is 0 Å². The van der Waals surface area contributed by atoms with Crippen molar-refractivity contribution in [3.05, 3.63) is 0 Å². The Labute approximate surface area is 127 Å². The van der Waals surface area contributed by atoms with E-state index < -0.39 is 0 Å². The Morgan fingerprint density at radius 2 is 1.75 bits per heavy atom. The maximum absolute atomic E-state index is 3.60. The maximum atomic E-state index is 3.60. The summed E-state index contributed by atoms with van der Waals surface area (Å²) in [5, 5.41) is 3.60. The van der Waals surface area contributed by atoms with Gasteiger partial charge in [-0.25, -0.2) is 0 Å². The van der Waals surface area contributed by atoms with Gasteiger partial charge in [-0.1, -0.05) is 40.5 Å². The van der Waals surface area contributed by atoms with Gasteiger partial charge in [0.15, 0.2) is 0 Å². The predicted octanol–water partition coefficient (Wildman–Crippen LogP) is 4.30. The fraction of sp³-hybridized carbons (Fsp3) is 1.00. The highest BCUT2D eigenvalue weighted by atomic mass is 15.2. The molecule has 2 atom stereocenters. The first-order valence-electron chi connectivity index (χ1n) is 9.02.